The van der Waals surface area contributed by atoms with Crippen LogP contribution in [0.3, 0.4) is 0 Å². The second kappa shape index (κ2) is 8.93. The summed E-state index contributed by atoms with van der Waals surface area (Å²) in [4.78, 5) is 9.02. The van der Waals surface area contributed by atoms with Crippen LogP contribution in [-0.2, 0) is 6.54 Å². The number of rotatable bonds is 9. The van der Waals surface area contributed by atoms with E-state index in [4.69, 9.17) is 0 Å². The lowest BCUT2D eigenvalue weighted by molar-refractivity contribution is 0.408. The van der Waals surface area contributed by atoms with Crippen LogP contribution in [0.5, 0.6) is 0 Å². The Balaban J connectivity index is 2.87. The third-order valence-electron chi connectivity index (χ3n) is 3.20. The minimum atomic E-state index is 0.643. The number of anilines is 1. The topological polar surface area (TPSA) is 31.4 Å². The monoisotopic (exact) mass is 278 g/mol. The van der Waals surface area contributed by atoms with Crippen molar-refractivity contribution in [2.75, 3.05) is 45.2 Å². The summed E-state index contributed by atoms with van der Waals surface area (Å²) in [5.74, 6) is 0.643. The van der Waals surface area contributed by atoms with Gasteiger partial charge in [0.2, 0.25) is 0 Å². The Morgan fingerprint density at radius 1 is 1.25 bits per heavy atom. The molecule has 0 bridgehead atoms. The predicted molar refractivity (Wildman–Crippen MR) is 87.2 cm³/mol. The number of hydrogen-bond donors (Lipinski definition) is 1. The zero-order valence-corrected chi connectivity index (χ0v) is 13.7. The fourth-order valence-corrected chi connectivity index (χ4v) is 2.18. The van der Waals surface area contributed by atoms with E-state index in [1.54, 1.807) is 0 Å². The third kappa shape index (κ3) is 5.88. The van der Waals surface area contributed by atoms with Gasteiger partial charge in [0.1, 0.15) is 0 Å². The van der Waals surface area contributed by atoms with Gasteiger partial charge < -0.3 is 15.1 Å². The van der Waals surface area contributed by atoms with Crippen LogP contribution in [0.15, 0.2) is 18.5 Å². The molecule has 1 rings (SSSR count). The van der Waals surface area contributed by atoms with Crippen LogP contribution < -0.4 is 10.2 Å². The molecule has 0 aromatic carbocycles. The molecule has 1 aromatic heterocycles. The highest BCUT2D eigenvalue weighted by molar-refractivity contribution is 5.51. The van der Waals surface area contributed by atoms with Crippen molar-refractivity contribution in [2.45, 2.75) is 27.3 Å². The molecular formula is C16H30N4. The number of likely N-dealkylation sites (N-methyl/N-ethyl adjacent to an activating group) is 1. The van der Waals surface area contributed by atoms with Gasteiger partial charge in [-0.15, -0.1) is 0 Å². The average Bonchev–Trinajstić information content (AvgIpc) is 2.41. The second-order valence-corrected chi connectivity index (χ2v) is 5.93. The Morgan fingerprint density at radius 3 is 2.60 bits per heavy atom. The first-order valence-electron chi connectivity index (χ1n) is 7.57. The van der Waals surface area contributed by atoms with Crippen molar-refractivity contribution in [3.05, 3.63) is 24.0 Å². The molecule has 0 fully saturated rings. The van der Waals surface area contributed by atoms with Crippen molar-refractivity contribution in [3.8, 4) is 0 Å². The molecule has 4 nitrogen and oxygen atoms in total. The Morgan fingerprint density at radius 2 is 2.00 bits per heavy atom. The van der Waals surface area contributed by atoms with Gasteiger partial charge in [-0.25, -0.2) is 0 Å². The van der Waals surface area contributed by atoms with E-state index in [-0.39, 0.29) is 0 Å². The minimum Gasteiger partial charge on any atom is -0.368 e. The smallest absolute Gasteiger partial charge is 0.0598 e. The summed E-state index contributed by atoms with van der Waals surface area (Å²) < 4.78 is 0. The van der Waals surface area contributed by atoms with E-state index in [1.165, 1.54) is 11.3 Å². The fourth-order valence-electron chi connectivity index (χ4n) is 2.18. The predicted octanol–water partition coefficient (Wildman–Crippen LogP) is 2.22. The van der Waals surface area contributed by atoms with E-state index in [1.807, 2.05) is 12.4 Å². The van der Waals surface area contributed by atoms with Gasteiger partial charge in [-0.3, -0.25) is 4.98 Å². The third-order valence-corrected chi connectivity index (χ3v) is 3.20. The maximum Gasteiger partial charge on any atom is 0.0598 e. The van der Waals surface area contributed by atoms with Gasteiger partial charge >= 0.3 is 0 Å². The molecule has 0 atom stereocenters. The number of hydrogen-bond acceptors (Lipinski definition) is 4. The highest BCUT2D eigenvalue weighted by Crippen LogP contribution is 2.20. The summed E-state index contributed by atoms with van der Waals surface area (Å²) in [5, 5.41) is 3.41. The molecule has 0 saturated heterocycles. The molecule has 0 unspecified atom stereocenters. The molecule has 0 aliphatic carbocycles. The quantitative estimate of drug-likeness (QED) is 0.750. The SMILES string of the molecule is CCNCc1ccncc1N(CCN(C)C)CC(C)C. The van der Waals surface area contributed by atoms with Crippen LogP contribution in [0.25, 0.3) is 0 Å². The van der Waals surface area contributed by atoms with Crippen LogP contribution in [0.2, 0.25) is 0 Å². The van der Waals surface area contributed by atoms with E-state index < -0.39 is 0 Å². The lowest BCUT2D eigenvalue weighted by atomic mass is 10.1. The molecule has 1 aromatic rings. The Hall–Kier alpha value is -1.13. The van der Waals surface area contributed by atoms with E-state index >= 15 is 0 Å². The van der Waals surface area contributed by atoms with Crippen LogP contribution in [-0.4, -0.2) is 50.2 Å². The summed E-state index contributed by atoms with van der Waals surface area (Å²) in [6, 6.07) is 2.13. The zero-order chi connectivity index (χ0) is 15.0. The molecule has 114 valence electrons. The van der Waals surface area contributed by atoms with Crippen molar-refractivity contribution >= 4 is 5.69 Å². The highest BCUT2D eigenvalue weighted by atomic mass is 15.2. The molecule has 1 heterocycles. The molecule has 4 heteroatoms. The molecule has 0 aliphatic rings. The molecular weight excluding hydrogens is 248 g/mol. The van der Waals surface area contributed by atoms with Gasteiger partial charge in [-0.1, -0.05) is 20.8 Å². The normalized spacial score (nSPS) is 11.3. The first-order chi connectivity index (χ1) is 9.54. The van der Waals surface area contributed by atoms with Crippen molar-refractivity contribution < 1.29 is 0 Å². The number of nitrogens with zero attached hydrogens (tertiary/aromatic N) is 3. The van der Waals surface area contributed by atoms with Crippen molar-refractivity contribution in [1.29, 1.82) is 0 Å². The molecule has 1 N–H and O–H groups in total. The molecule has 0 saturated carbocycles. The molecule has 0 amide bonds. The minimum absolute atomic E-state index is 0.643. The van der Waals surface area contributed by atoms with Gasteiger partial charge in [0.25, 0.3) is 0 Å². The molecule has 20 heavy (non-hydrogen) atoms. The summed E-state index contributed by atoms with van der Waals surface area (Å²) in [6.45, 7) is 11.7. The summed E-state index contributed by atoms with van der Waals surface area (Å²) >= 11 is 0. The summed E-state index contributed by atoms with van der Waals surface area (Å²) in [5.41, 5.74) is 2.60. The summed E-state index contributed by atoms with van der Waals surface area (Å²) in [6.07, 6.45) is 3.89. The van der Waals surface area contributed by atoms with Crippen molar-refractivity contribution in [2.24, 2.45) is 5.92 Å². The fraction of sp³-hybridized carbons (Fsp3) is 0.688. The highest BCUT2D eigenvalue weighted by Gasteiger charge is 2.13. The first-order valence-corrected chi connectivity index (χ1v) is 7.57. The van der Waals surface area contributed by atoms with Crippen molar-refractivity contribution in [1.82, 2.24) is 15.2 Å². The largest absolute Gasteiger partial charge is 0.368 e. The average molecular weight is 278 g/mol. The van der Waals surface area contributed by atoms with Crippen molar-refractivity contribution in [3.63, 3.8) is 0 Å². The standard InChI is InChI=1S/C16H30N4/c1-6-17-11-15-7-8-18-12-16(15)20(13-14(2)3)10-9-19(4)5/h7-8,12,14,17H,6,9-11,13H2,1-5H3. The summed E-state index contributed by atoms with van der Waals surface area (Å²) in [7, 11) is 4.24. The van der Waals surface area contributed by atoms with E-state index in [0.29, 0.717) is 5.92 Å². The lowest BCUT2D eigenvalue weighted by Crippen LogP contribution is -2.35. The Labute approximate surface area is 124 Å². The van der Waals surface area contributed by atoms with Gasteiger partial charge in [-0.05, 0) is 38.2 Å². The van der Waals surface area contributed by atoms with Gasteiger partial charge in [0.05, 0.1) is 11.9 Å². The molecule has 0 aliphatic heterocycles. The maximum absolute atomic E-state index is 4.33. The Bertz CT molecular complexity index is 376. The number of pyridine rings is 1. The van der Waals surface area contributed by atoms with Gasteiger partial charge in [0, 0.05) is 32.4 Å². The van der Waals surface area contributed by atoms with Gasteiger partial charge in [0.15, 0.2) is 0 Å². The van der Waals surface area contributed by atoms with E-state index in [2.05, 4.69) is 61.0 Å². The maximum atomic E-state index is 4.33. The Kier molecular flexibility index (Phi) is 7.55. The van der Waals surface area contributed by atoms with E-state index in [0.717, 1.165) is 32.7 Å². The molecule has 0 spiro atoms. The number of aromatic nitrogens is 1. The van der Waals surface area contributed by atoms with Gasteiger partial charge in [-0.2, -0.15) is 0 Å². The lowest BCUT2D eigenvalue weighted by Gasteiger charge is -2.29. The van der Waals surface area contributed by atoms with E-state index in [9.17, 15) is 0 Å². The van der Waals surface area contributed by atoms with Crippen LogP contribution in [0.4, 0.5) is 5.69 Å². The van der Waals surface area contributed by atoms with Crippen LogP contribution in [0, 0.1) is 5.92 Å². The van der Waals surface area contributed by atoms with Crippen LogP contribution in [0.1, 0.15) is 26.3 Å². The zero-order valence-electron chi connectivity index (χ0n) is 13.7. The second-order valence-electron chi connectivity index (χ2n) is 5.93. The molecule has 0 radical (unpaired) electrons. The number of nitrogens with one attached hydrogen (secondary N) is 1. The van der Waals surface area contributed by atoms with Crippen LogP contribution >= 0.6 is 0 Å². The first kappa shape index (κ1) is 16.9.